The van der Waals surface area contributed by atoms with E-state index in [2.05, 4.69) is 0 Å². The Bertz CT molecular complexity index is 915. The fourth-order valence-corrected chi connectivity index (χ4v) is 3.07. The third-order valence-electron chi connectivity index (χ3n) is 4.55. The Morgan fingerprint density at radius 2 is 1.55 bits per heavy atom. The van der Waals surface area contributed by atoms with E-state index in [9.17, 15) is 19.2 Å². The quantitative estimate of drug-likeness (QED) is 0.388. The van der Waals surface area contributed by atoms with Gasteiger partial charge in [0, 0.05) is 12.1 Å². The lowest BCUT2D eigenvalue weighted by Gasteiger charge is -2.15. The maximum absolute atomic E-state index is 12.4. The molecular weight excluding hydrogens is 374 g/mol. The van der Waals surface area contributed by atoms with Crippen molar-refractivity contribution in [1.82, 2.24) is 4.90 Å². The van der Waals surface area contributed by atoms with Crippen LogP contribution in [0.5, 0.6) is 5.75 Å². The summed E-state index contributed by atoms with van der Waals surface area (Å²) in [5, 5.41) is 0. The number of nitrogens with zero attached hydrogens (tertiary/aromatic N) is 1. The van der Waals surface area contributed by atoms with Crippen molar-refractivity contribution in [2.75, 3.05) is 13.2 Å². The van der Waals surface area contributed by atoms with Gasteiger partial charge in [-0.1, -0.05) is 12.1 Å². The minimum Gasteiger partial charge on any atom is -0.494 e. The molecular formula is C22H21NO6. The Morgan fingerprint density at radius 3 is 2.10 bits per heavy atom. The van der Waals surface area contributed by atoms with Crippen LogP contribution in [0.4, 0.5) is 0 Å². The van der Waals surface area contributed by atoms with E-state index in [-0.39, 0.29) is 18.7 Å². The third-order valence-corrected chi connectivity index (χ3v) is 4.55. The lowest BCUT2D eigenvalue weighted by Crippen LogP contribution is -2.33. The molecule has 29 heavy (non-hydrogen) atoms. The van der Waals surface area contributed by atoms with Crippen molar-refractivity contribution in [3.05, 3.63) is 65.2 Å². The zero-order valence-electron chi connectivity index (χ0n) is 16.2. The predicted octanol–water partition coefficient (Wildman–Crippen LogP) is 2.89. The predicted molar refractivity (Wildman–Crippen MR) is 104 cm³/mol. The van der Waals surface area contributed by atoms with Crippen LogP contribution in [0, 0.1) is 0 Å². The molecule has 2 aromatic carbocycles. The summed E-state index contributed by atoms with van der Waals surface area (Å²) in [6.45, 7) is 3.77. The molecule has 0 unspecified atom stereocenters. The van der Waals surface area contributed by atoms with Crippen molar-refractivity contribution in [1.29, 1.82) is 0 Å². The maximum Gasteiger partial charge on any atom is 0.308 e. The molecule has 2 amide bonds. The summed E-state index contributed by atoms with van der Waals surface area (Å²) in [6.07, 6.45) is -1.17. The van der Waals surface area contributed by atoms with Crippen molar-refractivity contribution in [3.63, 3.8) is 0 Å². The Labute approximate surface area is 168 Å². The minimum absolute atomic E-state index is 0.102. The molecule has 0 saturated heterocycles. The molecule has 1 heterocycles. The molecule has 1 atom stereocenters. The van der Waals surface area contributed by atoms with Crippen molar-refractivity contribution in [3.8, 4) is 5.75 Å². The highest BCUT2D eigenvalue weighted by molar-refractivity contribution is 6.21. The first-order valence-corrected chi connectivity index (χ1v) is 9.34. The van der Waals surface area contributed by atoms with Gasteiger partial charge in [-0.25, -0.2) is 0 Å². The number of imide groups is 1. The van der Waals surface area contributed by atoms with Crippen LogP contribution < -0.4 is 4.74 Å². The van der Waals surface area contributed by atoms with Crippen LogP contribution in [-0.4, -0.2) is 47.7 Å². The molecule has 1 aliphatic rings. The number of hydrogen-bond acceptors (Lipinski definition) is 6. The number of rotatable bonds is 8. The zero-order chi connectivity index (χ0) is 21.0. The number of Topliss-reactive ketones (excluding diaryl/α,β-unsaturated/α-hetero) is 1. The lowest BCUT2D eigenvalue weighted by atomic mass is 10.1. The smallest absolute Gasteiger partial charge is 0.308 e. The van der Waals surface area contributed by atoms with Gasteiger partial charge in [0.1, 0.15) is 5.75 Å². The van der Waals surface area contributed by atoms with E-state index < -0.39 is 23.9 Å². The van der Waals surface area contributed by atoms with Crippen molar-refractivity contribution in [2.24, 2.45) is 0 Å². The molecule has 0 saturated carbocycles. The van der Waals surface area contributed by atoms with Crippen LogP contribution in [0.15, 0.2) is 48.5 Å². The van der Waals surface area contributed by atoms with Gasteiger partial charge in [0.25, 0.3) is 11.8 Å². The summed E-state index contributed by atoms with van der Waals surface area (Å²) in [6, 6.07) is 13.1. The normalized spacial score (nSPS) is 13.8. The van der Waals surface area contributed by atoms with Crippen molar-refractivity contribution < 1.29 is 28.7 Å². The fourth-order valence-electron chi connectivity index (χ4n) is 3.07. The molecule has 7 nitrogen and oxygen atoms in total. The number of carbonyl (C=O) groups excluding carboxylic acids is 4. The molecule has 0 fully saturated rings. The van der Waals surface area contributed by atoms with E-state index in [0.29, 0.717) is 29.0 Å². The zero-order valence-corrected chi connectivity index (χ0v) is 16.2. The summed E-state index contributed by atoms with van der Waals surface area (Å²) in [5.41, 5.74) is 1.05. The van der Waals surface area contributed by atoms with E-state index >= 15 is 0 Å². The van der Waals surface area contributed by atoms with Crippen LogP contribution in [0.2, 0.25) is 0 Å². The highest BCUT2D eigenvalue weighted by Gasteiger charge is 2.35. The molecule has 0 bridgehead atoms. The minimum atomic E-state index is -0.984. The molecule has 0 aromatic heterocycles. The molecule has 150 valence electrons. The summed E-state index contributed by atoms with van der Waals surface area (Å²) < 4.78 is 10.5. The monoisotopic (exact) mass is 395 g/mol. The number of ketones is 1. The third kappa shape index (κ3) is 4.34. The highest BCUT2D eigenvalue weighted by atomic mass is 16.5. The van der Waals surface area contributed by atoms with Gasteiger partial charge in [0.15, 0.2) is 6.10 Å². The fraction of sp³-hybridized carbons (Fsp3) is 0.273. The number of benzene rings is 2. The summed E-state index contributed by atoms with van der Waals surface area (Å²) in [7, 11) is 0. The van der Waals surface area contributed by atoms with E-state index in [1.807, 2.05) is 6.92 Å². The molecule has 0 N–H and O–H groups in total. The number of carbonyl (C=O) groups is 4. The standard InChI is InChI=1S/C22H21NO6/c1-3-28-16-10-8-15(9-11-16)20(25)14(2)29-19(24)12-13-23-21(26)17-6-4-5-7-18(17)22(23)27/h4-11,14H,3,12-13H2,1-2H3/t14-/m0/s1. The molecule has 0 spiro atoms. The number of amides is 2. The van der Waals surface area contributed by atoms with E-state index in [4.69, 9.17) is 9.47 Å². The Kier molecular flexibility index (Phi) is 6.07. The average molecular weight is 395 g/mol. The number of hydrogen-bond donors (Lipinski definition) is 0. The number of ether oxygens (including phenoxy) is 2. The van der Waals surface area contributed by atoms with Gasteiger partial charge >= 0.3 is 5.97 Å². The molecule has 2 aromatic rings. The molecule has 0 radical (unpaired) electrons. The Morgan fingerprint density at radius 1 is 0.966 bits per heavy atom. The topological polar surface area (TPSA) is 90.0 Å². The van der Waals surface area contributed by atoms with Crippen LogP contribution in [0.1, 0.15) is 51.3 Å². The van der Waals surface area contributed by atoms with Gasteiger partial charge in [0.2, 0.25) is 5.78 Å². The summed E-state index contributed by atoms with van der Waals surface area (Å²) in [5.74, 6) is -1.22. The lowest BCUT2D eigenvalue weighted by molar-refractivity contribution is -0.146. The molecule has 1 aliphatic heterocycles. The average Bonchev–Trinajstić information content (AvgIpc) is 2.97. The van der Waals surface area contributed by atoms with Crippen LogP contribution >= 0.6 is 0 Å². The first-order chi connectivity index (χ1) is 13.9. The van der Waals surface area contributed by atoms with E-state index in [1.165, 1.54) is 6.92 Å². The summed E-state index contributed by atoms with van der Waals surface area (Å²) >= 11 is 0. The molecule has 0 aliphatic carbocycles. The SMILES string of the molecule is CCOc1ccc(C(=O)[C@H](C)OC(=O)CCN2C(=O)c3ccccc3C2=O)cc1. The highest BCUT2D eigenvalue weighted by Crippen LogP contribution is 2.22. The largest absolute Gasteiger partial charge is 0.494 e. The van der Waals surface area contributed by atoms with Crippen LogP contribution in [0.25, 0.3) is 0 Å². The van der Waals surface area contributed by atoms with Crippen molar-refractivity contribution >= 4 is 23.6 Å². The maximum atomic E-state index is 12.4. The van der Waals surface area contributed by atoms with Crippen LogP contribution in [-0.2, 0) is 9.53 Å². The number of fused-ring (bicyclic) bond motifs is 1. The second kappa shape index (κ2) is 8.68. The second-order valence-corrected chi connectivity index (χ2v) is 6.51. The van der Waals surface area contributed by atoms with Gasteiger partial charge in [-0.3, -0.25) is 24.1 Å². The van der Waals surface area contributed by atoms with Gasteiger partial charge in [-0.2, -0.15) is 0 Å². The number of esters is 1. The molecule has 3 rings (SSSR count). The molecule has 7 heteroatoms. The van der Waals surface area contributed by atoms with Gasteiger partial charge in [-0.15, -0.1) is 0 Å². The Balaban J connectivity index is 1.53. The summed E-state index contributed by atoms with van der Waals surface area (Å²) in [4.78, 5) is 50.2. The van der Waals surface area contributed by atoms with E-state index in [1.54, 1.807) is 48.5 Å². The van der Waals surface area contributed by atoms with Crippen molar-refractivity contribution in [2.45, 2.75) is 26.4 Å². The first-order valence-electron chi connectivity index (χ1n) is 9.34. The van der Waals surface area contributed by atoms with Gasteiger partial charge in [-0.05, 0) is 50.2 Å². The van der Waals surface area contributed by atoms with Gasteiger partial charge < -0.3 is 9.47 Å². The van der Waals surface area contributed by atoms with Crippen LogP contribution in [0.3, 0.4) is 0 Å². The van der Waals surface area contributed by atoms with E-state index in [0.717, 1.165) is 4.90 Å². The first kappa shape index (κ1) is 20.3. The van der Waals surface area contributed by atoms with Gasteiger partial charge in [0.05, 0.1) is 24.2 Å². The second-order valence-electron chi connectivity index (χ2n) is 6.51. The Hall–Kier alpha value is -3.48.